The average Bonchev–Trinajstić information content (AvgIpc) is 2.95. The summed E-state index contributed by atoms with van der Waals surface area (Å²) in [6.07, 6.45) is 1.81. The first-order valence-electron chi connectivity index (χ1n) is 7.77. The molecule has 0 unspecified atom stereocenters. The van der Waals surface area contributed by atoms with Crippen molar-refractivity contribution in [1.82, 2.24) is 14.8 Å². The molecule has 0 spiro atoms. The molecule has 0 radical (unpaired) electrons. The molecule has 0 saturated heterocycles. The van der Waals surface area contributed by atoms with Crippen LogP contribution in [0.3, 0.4) is 0 Å². The second kappa shape index (κ2) is 8.94. The average molecular weight is 369 g/mol. The van der Waals surface area contributed by atoms with Crippen molar-refractivity contribution in [2.24, 2.45) is 0 Å². The predicted molar refractivity (Wildman–Crippen MR) is 97.0 cm³/mol. The van der Waals surface area contributed by atoms with Crippen LogP contribution in [-0.4, -0.2) is 33.5 Å². The van der Waals surface area contributed by atoms with Crippen LogP contribution in [0.25, 0.3) is 0 Å². The van der Waals surface area contributed by atoms with Gasteiger partial charge in [-0.15, -0.1) is 10.2 Å². The molecule has 1 aromatic carbocycles. The molecule has 0 bridgehead atoms. The summed E-state index contributed by atoms with van der Waals surface area (Å²) in [6, 6.07) is 5.10. The number of carbonyl (C=O) groups is 1. The maximum atomic E-state index is 12.2. The maximum absolute atomic E-state index is 12.2. The molecule has 0 aliphatic carbocycles. The number of rotatable bonds is 8. The first-order chi connectivity index (χ1) is 11.6. The number of methoxy groups -OCH3 is 1. The van der Waals surface area contributed by atoms with Gasteiger partial charge in [0.05, 0.1) is 18.6 Å². The summed E-state index contributed by atoms with van der Waals surface area (Å²) in [5, 5.41) is 12.5. The van der Waals surface area contributed by atoms with Crippen LogP contribution in [0.1, 0.15) is 26.1 Å². The van der Waals surface area contributed by atoms with E-state index >= 15 is 0 Å². The van der Waals surface area contributed by atoms with Crippen molar-refractivity contribution in [3.05, 3.63) is 29.0 Å². The zero-order valence-corrected chi connectivity index (χ0v) is 15.6. The summed E-state index contributed by atoms with van der Waals surface area (Å²) in [5.41, 5.74) is 0.555. The predicted octanol–water partition coefficient (Wildman–Crippen LogP) is 3.64. The van der Waals surface area contributed by atoms with Gasteiger partial charge in [0, 0.05) is 18.0 Å². The van der Waals surface area contributed by atoms with Crippen molar-refractivity contribution in [3.63, 3.8) is 0 Å². The van der Waals surface area contributed by atoms with Gasteiger partial charge in [0.25, 0.3) is 0 Å². The number of aryl methyl sites for hydroxylation is 1. The SMILES string of the molecule is CCCn1c(CC)nnc1SCC(=O)Nc1cc(Cl)ccc1OC. The largest absolute Gasteiger partial charge is 0.495 e. The number of hydrogen-bond acceptors (Lipinski definition) is 5. The minimum Gasteiger partial charge on any atom is -0.495 e. The maximum Gasteiger partial charge on any atom is 0.234 e. The minimum atomic E-state index is -0.148. The van der Waals surface area contributed by atoms with Gasteiger partial charge in [0.2, 0.25) is 5.91 Å². The number of anilines is 1. The molecule has 1 aromatic heterocycles. The Kier molecular flexibility index (Phi) is 6.93. The van der Waals surface area contributed by atoms with Crippen LogP contribution in [0.15, 0.2) is 23.4 Å². The number of halogens is 1. The third-order valence-corrected chi connectivity index (χ3v) is 4.53. The van der Waals surface area contributed by atoms with Crippen molar-refractivity contribution < 1.29 is 9.53 Å². The Morgan fingerprint density at radius 2 is 2.17 bits per heavy atom. The van der Waals surface area contributed by atoms with Gasteiger partial charge < -0.3 is 14.6 Å². The van der Waals surface area contributed by atoms with Crippen LogP contribution in [0.4, 0.5) is 5.69 Å². The number of aromatic nitrogens is 3. The molecule has 1 N–H and O–H groups in total. The van der Waals surface area contributed by atoms with E-state index in [1.165, 1.54) is 11.8 Å². The summed E-state index contributed by atoms with van der Waals surface area (Å²) < 4.78 is 7.29. The van der Waals surface area contributed by atoms with Gasteiger partial charge in [0.15, 0.2) is 5.16 Å². The smallest absolute Gasteiger partial charge is 0.234 e. The molecule has 0 atom stereocenters. The zero-order valence-electron chi connectivity index (χ0n) is 14.0. The van der Waals surface area contributed by atoms with E-state index in [0.29, 0.717) is 16.5 Å². The molecule has 130 valence electrons. The number of ether oxygens (including phenoxy) is 1. The van der Waals surface area contributed by atoms with Crippen LogP contribution in [0.5, 0.6) is 5.75 Å². The highest BCUT2D eigenvalue weighted by atomic mass is 35.5. The topological polar surface area (TPSA) is 69.0 Å². The van der Waals surface area contributed by atoms with E-state index in [0.717, 1.165) is 30.4 Å². The van der Waals surface area contributed by atoms with Crippen LogP contribution < -0.4 is 10.1 Å². The lowest BCUT2D eigenvalue weighted by molar-refractivity contribution is -0.113. The molecule has 2 rings (SSSR count). The lowest BCUT2D eigenvalue weighted by Crippen LogP contribution is -2.15. The lowest BCUT2D eigenvalue weighted by atomic mass is 10.3. The Hall–Kier alpha value is -1.73. The van der Waals surface area contributed by atoms with Crippen molar-refractivity contribution >= 4 is 35.0 Å². The van der Waals surface area contributed by atoms with Gasteiger partial charge in [0.1, 0.15) is 11.6 Å². The molecule has 2 aromatic rings. The number of nitrogens with one attached hydrogen (secondary N) is 1. The highest BCUT2D eigenvalue weighted by molar-refractivity contribution is 7.99. The molecular formula is C16H21ClN4O2S. The minimum absolute atomic E-state index is 0.148. The molecule has 24 heavy (non-hydrogen) atoms. The first-order valence-corrected chi connectivity index (χ1v) is 9.13. The second-order valence-electron chi connectivity index (χ2n) is 5.09. The normalized spacial score (nSPS) is 10.7. The van der Waals surface area contributed by atoms with E-state index in [1.54, 1.807) is 25.3 Å². The Bertz CT molecular complexity index is 705. The van der Waals surface area contributed by atoms with Crippen LogP contribution in [-0.2, 0) is 17.8 Å². The van der Waals surface area contributed by atoms with Crippen molar-refractivity contribution in [3.8, 4) is 5.75 Å². The van der Waals surface area contributed by atoms with E-state index in [-0.39, 0.29) is 11.7 Å². The number of amides is 1. The Morgan fingerprint density at radius 1 is 1.38 bits per heavy atom. The van der Waals surface area contributed by atoms with Crippen LogP contribution >= 0.6 is 23.4 Å². The summed E-state index contributed by atoms with van der Waals surface area (Å²) in [7, 11) is 1.55. The highest BCUT2D eigenvalue weighted by Crippen LogP contribution is 2.28. The molecule has 1 amide bonds. The van der Waals surface area contributed by atoms with Crippen LogP contribution in [0, 0.1) is 0 Å². The molecule has 0 aliphatic rings. The van der Waals surface area contributed by atoms with E-state index in [9.17, 15) is 4.79 Å². The molecular weight excluding hydrogens is 348 g/mol. The van der Waals surface area contributed by atoms with Crippen molar-refractivity contribution in [1.29, 1.82) is 0 Å². The summed E-state index contributed by atoms with van der Waals surface area (Å²) >= 11 is 7.34. The molecule has 0 aliphatic heterocycles. The molecule has 1 heterocycles. The number of thioether (sulfide) groups is 1. The van der Waals surface area contributed by atoms with E-state index in [1.807, 2.05) is 6.92 Å². The van der Waals surface area contributed by atoms with Gasteiger partial charge in [-0.25, -0.2) is 0 Å². The van der Waals surface area contributed by atoms with Gasteiger partial charge in [-0.05, 0) is 24.6 Å². The summed E-state index contributed by atoms with van der Waals surface area (Å²) in [6.45, 7) is 5.00. The quantitative estimate of drug-likeness (QED) is 0.720. The van der Waals surface area contributed by atoms with E-state index in [2.05, 4.69) is 27.0 Å². The molecule has 0 saturated carbocycles. The third kappa shape index (κ3) is 4.64. The molecule has 0 fully saturated rings. The highest BCUT2D eigenvalue weighted by Gasteiger charge is 2.14. The third-order valence-electron chi connectivity index (χ3n) is 3.32. The molecule has 6 nitrogen and oxygen atoms in total. The fraction of sp³-hybridized carbons (Fsp3) is 0.438. The Balaban J connectivity index is 2.01. The summed E-state index contributed by atoms with van der Waals surface area (Å²) in [4.78, 5) is 12.2. The first kappa shape index (κ1) is 18.6. The number of nitrogens with zero attached hydrogens (tertiary/aromatic N) is 3. The number of carbonyl (C=O) groups excluding carboxylic acids is 1. The van der Waals surface area contributed by atoms with Gasteiger partial charge in [-0.3, -0.25) is 4.79 Å². The van der Waals surface area contributed by atoms with Crippen molar-refractivity contribution in [2.75, 3.05) is 18.2 Å². The lowest BCUT2D eigenvalue weighted by Gasteiger charge is -2.11. The van der Waals surface area contributed by atoms with Gasteiger partial charge in [-0.1, -0.05) is 37.2 Å². The van der Waals surface area contributed by atoms with Crippen molar-refractivity contribution in [2.45, 2.75) is 38.4 Å². The van der Waals surface area contributed by atoms with E-state index < -0.39 is 0 Å². The zero-order chi connectivity index (χ0) is 17.5. The van der Waals surface area contributed by atoms with Crippen LogP contribution in [0.2, 0.25) is 5.02 Å². The fourth-order valence-corrected chi connectivity index (χ4v) is 3.19. The van der Waals surface area contributed by atoms with Gasteiger partial charge in [-0.2, -0.15) is 0 Å². The number of hydrogen-bond donors (Lipinski definition) is 1. The van der Waals surface area contributed by atoms with Gasteiger partial charge >= 0.3 is 0 Å². The standard InChI is InChI=1S/C16H21ClN4O2S/c1-4-8-21-14(5-2)19-20-16(21)24-10-15(22)18-12-9-11(17)6-7-13(12)23-3/h6-7,9H,4-5,8,10H2,1-3H3,(H,18,22). The fourth-order valence-electron chi connectivity index (χ4n) is 2.23. The Morgan fingerprint density at radius 3 is 2.83 bits per heavy atom. The Labute approximate surface area is 150 Å². The summed E-state index contributed by atoms with van der Waals surface area (Å²) in [5.74, 6) is 1.60. The molecule has 8 heteroatoms. The van der Waals surface area contributed by atoms with E-state index in [4.69, 9.17) is 16.3 Å². The monoisotopic (exact) mass is 368 g/mol. The number of benzene rings is 1. The second-order valence-corrected chi connectivity index (χ2v) is 6.46.